The van der Waals surface area contributed by atoms with Crippen molar-refractivity contribution in [3.05, 3.63) is 29.3 Å². The molecule has 1 amide bonds. The van der Waals surface area contributed by atoms with E-state index in [0.717, 1.165) is 17.7 Å². The zero-order valence-electron chi connectivity index (χ0n) is 9.75. The third kappa shape index (κ3) is 3.24. The molecular weight excluding hydrogens is 204 g/mol. The van der Waals surface area contributed by atoms with Crippen molar-refractivity contribution in [2.75, 3.05) is 7.11 Å². The second-order valence-electron chi connectivity index (χ2n) is 3.57. The molecule has 0 atom stereocenters. The number of nitrogens with two attached hydrogens (primary N) is 1. The quantitative estimate of drug-likeness (QED) is 0.446. The van der Waals surface area contributed by atoms with Crippen LogP contribution in [0.2, 0.25) is 0 Å². The molecule has 0 spiro atoms. The van der Waals surface area contributed by atoms with Gasteiger partial charge in [-0.15, -0.1) is 0 Å². The highest BCUT2D eigenvalue weighted by Crippen LogP contribution is 2.21. The summed E-state index contributed by atoms with van der Waals surface area (Å²) in [6, 6.07) is 6.04. The summed E-state index contributed by atoms with van der Waals surface area (Å²) in [6.45, 7) is 2.10. The Bertz CT molecular complexity index is 364. The first kappa shape index (κ1) is 12.5. The summed E-state index contributed by atoms with van der Waals surface area (Å²) in [4.78, 5) is 11.1. The summed E-state index contributed by atoms with van der Waals surface area (Å²) in [5.74, 6) is 5.69. The Hall–Kier alpha value is -1.55. The first-order valence-corrected chi connectivity index (χ1v) is 5.36. The first-order valence-electron chi connectivity index (χ1n) is 5.36. The van der Waals surface area contributed by atoms with Crippen LogP contribution in [0.1, 0.15) is 24.5 Å². The van der Waals surface area contributed by atoms with Crippen molar-refractivity contribution in [1.29, 1.82) is 0 Å². The SMILES string of the molecule is CCc1ccc(OC)c(CCC(=O)NN)c1. The number of aryl methyl sites for hydroxylation is 2. The molecule has 0 aliphatic heterocycles. The van der Waals surface area contributed by atoms with Gasteiger partial charge in [0.2, 0.25) is 5.91 Å². The Morgan fingerprint density at radius 1 is 1.50 bits per heavy atom. The minimum absolute atomic E-state index is 0.163. The van der Waals surface area contributed by atoms with E-state index in [-0.39, 0.29) is 5.91 Å². The molecule has 16 heavy (non-hydrogen) atoms. The molecule has 0 unspecified atom stereocenters. The molecule has 0 radical (unpaired) electrons. The van der Waals surface area contributed by atoms with Gasteiger partial charge in [0, 0.05) is 6.42 Å². The lowest BCUT2D eigenvalue weighted by atomic mass is 10.0. The molecule has 0 bridgehead atoms. The van der Waals surface area contributed by atoms with Gasteiger partial charge in [-0.25, -0.2) is 5.84 Å². The molecule has 1 aromatic rings. The number of rotatable bonds is 5. The normalized spacial score (nSPS) is 9.94. The highest BCUT2D eigenvalue weighted by atomic mass is 16.5. The molecule has 0 saturated carbocycles. The fraction of sp³-hybridized carbons (Fsp3) is 0.417. The Labute approximate surface area is 95.8 Å². The van der Waals surface area contributed by atoms with Gasteiger partial charge in [0.25, 0.3) is 0 Å². The molecule has 0 heterocycles. The number of hydrogen-bond acceptors (Lipinski definition) is 3. The van der Waals surface area contributed by atoms with Crippen LogP contribution in [0.15, 0.2) is 18.2 Å². The van der Waals surface area contributed by atoms with Gasteiger partial charge in [0.1, 0.15) is 5.75 Å². The molecule has 0 saturated heterocycles. The van der Waals surface area contributed by atoms with E-state index in [1.165, 1.54) is 5.56 Å². The van der Waals surface area contributed by atoms with Crippen molar-refractivity contribution >= 4 is 5.91 Å². The fourth-order valence-electron chi connectivity index (χ4n) is 1.57. The summed E-state index contributed by atoms with van der Waals surface area (Å²) in [6.07, 6.45) is 1.99. The zero-order chi connectivity index (χ0) is 12.0. The van der Waals surface area contributed by atoms with Gasteiger partial charge in [-0.2, -0.15) is 0 Å². The summed E-state index contributed by atoms with van der Waals surface area (Å²) in [5, 5.41) is 0. The van der Waals surface area contributed by atoms with Crippen molar-refractivity contribution in [2.24, 2.45) is 5.84 Å². The van der Waals surface area contributed by atoms with Gasteiger partial charge >= 0.3 is 0 Å². The Kier molecular flexibility index (Phi) is 4.79. The molecule has 0 fully saturated rings. The minimum atomic E-state index is -0.163. The second kappa shape index (κ2) is 6.12. The average Bonchev–Trinajstić information content (AvgIpc) is 2.35. The standard InChI is InChI=1S/C12H18N2O2/c1-3-9-4-6-11(16-2)10(8-9)5-7-12(15)14-13/h4,6,8H,3,5,7,13H2,1-2H3,(H,14,15). The van der Waals surface area contributed by atoms with Crippen molar-refractivity contribution in [2.45, 2.75) is 26.2 Å². The smallest absolute Gasteiger partial charge is 0.234 e. The average molecular weight is 222 g/mol. The summed E-state index contributed by atoms with van der Waals surface area (Å²) in [7, 11) is 1.63. The second-order valence-corrected chi connectivity index (χ2v) is 3.57. The number of amides is 1. The van der Waals surface area contributed by atoms with Crippen LogP contribution >= 0.6 is 0 Å². The van der Waals surface area contributed by atoms with Gasteiger partial charge in [0.05, 0.1) is 7.11 Å². The van der Waals surface area contributed by atoms with E-state index in [1.807, 2.05) is 12.1 Å². The van der Waals surface area contributed by atoms with Crippen molar-refractivity contribution < 1.29 is 9.53 Å². The zero-order valence-corrected chi connectivity index (χ0v) is 9.75. The number of methoxy groups -OCH3 is 1. The van der Waals surface area contributed by atoms with Crippen molar-refractivity contribution in [1.82, 2.24) is 5.43 Å². The van der Waals surface area contributed by atoms with Crippen molar-refractivity contribution in [3.63, 3.8) is 0 Å². The Morgan fingerprint density at radius 2 is 2.25 bits per heavy atom. The maximum absolute atomic E-state index is 11.1. The number of nitrogens with one attached hydrogen (secondary N) is 1. The number of hydrogen-bond donors (Lipinski definition) is 2. The van der Waals surface area contributed by atoms with Crippen LogP contribution in [0.25, 0.3) is 0 Å². The highest BCUT2D eigenvalue weighted by Gasteiger charge is 2.06. The summed E-state index contributed by atoms with van der Waals surface area (Å²) < 4.78 is 5.25. The van der Waals surface area contributed by atoms with E-state index < -0.39 is 0 Å². The number of hydrazine groups is 1. The van der Waals surface area contributed by atoms with Crippen LogP contribution in [-0.2, 0) is 17.6 Å². The van der Waals surface area contributed by atoms with Gasteiger partial charge in [-0.3, -0.25) is 10.2 Å². The molecule has 3 N–H and O–H groups in total. The largest absolute Gasteiger partial charge is 0.496 e. The maximum atomic E-state index is 11.1. The maximum Gasteiger partial charge on any atom is 0.234 e. The molecule has 1 aromatic carbocycles. The van der Waals surface area contributed by atoms with Gasteiger partial charge in [0.15, 0.2) is 0 Å². The lowest BCUT2D eigenvalue weighted by molar-refractivity contribution is -0.121. The summed E-state index contributed by atoms with van der Waals surface area (Å²) in [5.41, 5.74) is 4.41. The molecule has 0 aliphatic carbocycles. The fourth-order valence-corrected chi connectivity index (χ4v) is 1.57. The molecule has 4 nitrogen and oxygen atoms in total. The first-order chi connectivity index (χ1) is 7.71. The summed E-state index contributed by atoms with van der Waals surface area (Å²) >= 11 is 0. The lowest BCUT2D eigenvalue weighted by Crippen LogP contribution is -2.30. The Morgan fingerprint density at radius 3 is 2.81 bits per heavy atom. The third-order valence-electron chi connectivity index (χ3n) is 2.54. The van der Waals surface area contributed by atoms with Gasteiger partial charge in [-0.05, 0) is 30.0 Å². The van der Waals surface area contributed by atoms with Gasteiger partial charge < -0.3 is 4.74 Å². The van der Waals surface area contributed by atoms with Crippen LogP contribution in [-0.4, -0.2) is 13.0 Å². The molecular formula is C12H18N2O2. The van der Waals surface area contributed by atoms with Gasteiger partial charge in [-0.1, -0.05) is 19.1 Å². The molecule has 0 aliphatic rings. The molecule has 4 heteroatoms. The van der Waals surface area contributed by atoms with Crippen molar-refractivity contribution in [3.8, 4) is 5.75 Å². The predicted octanol–water partition coefficient (Wildman–Crippen LogP) is 1.18. The topological polar surface area (TPSA) is 64.3 Å². The van der Waals surface area contributed by atoms with E-state index in [2.05, 4.69) is 18.4 Å². The number of benzene rings is 1. The number of carbonyl (C=O) groups is 1. The number of carbonyl (C=O) groups excluding carboxylic acids is 1. The molecule has 1 rings (SSSR count). The van der Waals surface area contributed by atoms with E-state index in [4.69, 9.17) is 10.6 Å². The third-order valence-corrected chi connectivity index (χ3v) is 2.54. The van der Waals surface area contributed by atoms with E-state index in [9.17, 15) is 4.79 Å². The van der Waals surface area contributed by atoms with Crippen LogP contribution in [0, 0.1) is 0 Å². The van der Waals surface area contributed by atoms with E-state index in [1.54, 1.807) is 7.11 Å². The molecule has 88 valence electrons. The van der Waals surface area contributed by atoms with E-state index >= 15 is 0 Å². The van der Waals surface area contributed by atoms with Crippen LogP contribution in [0.4, 0.5) is 0 Å². The predicted molar refractivity (Wildman–Crippen MR) is 63.0 cm³/mol. The molecule has 0 aromatic heterocycles. The van der Waals surface area contributed by atoms with Crippen LogP contribution in [0.3, 0.4) is 0 Å². The van der Waals surface area contributed by atoms with Crippen LogP contribution in [0.5, 0.6) is 5.75 Å². The Balaban J connectivity index is 2.78. The lowest BCUT2D eigenvalue weighted by Gasteiger charge is -2.09. The minimum Gasteiger partial charge on any atom is -0.496 e. The van der Waals surface area contributed by atoms with E-state index in [0.29, 0.717) is 12.8 Å². The number of ether oxygens (including phenoxy) is 1. The van der Waals surface area contributed by atoms with Crippen LogP contribution < -0.4 is 16.0 Å². The monoisotopic (exact) mass is 222 g/mol. The highest BCUT2D eigenvalue weighted by molar-refractivity contribution is 5.75.